The first-order chi connectivity index (χ1) is 10.2. The summed E-state index contributed by atoms with van der Waals surface area (Å²) in [4.78, 5) is 11.6. The second-order valence-corrected chi connectivity index (χ2v) is 6.10. The van der Waals surface area contributed by atoms with Gasteiger partial charge in [-0.2, -0.15) is 0 Å². The summed E-state index contributed by atoms with van der Waals surface area (Å²) in [6, 6.07) is 18.0. The average Bonchev–Trinajstić information content (AvgIpc) is 2.91. The third-order valence-electron chi connectivity index (χ3n) is 3.70. The maximum Gasteiger partial charge on any atom is 0.307 e. The van der Waals surface area contributed by atoms with E-state index < -0.39 is 5.97 Å². The zero-order chi connectivity index (χ0) is 14.7. The molecule has 1 heterocycles. The summed E-state index contributed by atoms with van der Waals surface area (Å²) < 4.78 is 1.22. The van der Waals surface area contributed by atoms with Crippen LogP contribution < -0.4 is 0 Å². The highest BCUT2D eigenvalue weighted by Gasteiger charge is 2.20. The Kier molecular flexibility index (Phi) is 4.02. The zero-order valence-corrected chi connectivity index (χ0v) is 12.3. The van der Waals surface area contributed by atoms with Crippen molar-refractivity contribution in [2.45, 2.75) is 12.8 Å². The fraction of sp³-hybridized carbons (Fsp3) is 0.167. The van der Waals surface area contributed by atoms with E-state index in [0.717, 1.165) is 11.1 Å². The summed E-state index contributed by atoms with van der Waals surface area (Å²) in [7, 11) is 0. The number of carboxylic acid groups (broad SMARTS) is 1. The van der Waals surface area contributed by atoms with E-state index in [0.29, 0.717) is 12.8 Å². The standard InChI is InChI=1S/C18H16O2S/c19-18(20)14(10-13-6-2-1-3-7-13)11-15-12-21-17-9-5-4-8-16(15)17/h1-9,12,14H,10-11H2,(H,19,20). The lowest BCUT2D eigenvalue weighted by atomic mass is 9.92. The molecule has 0 saturated carbocycles. The van der Waals surface area contributed by atoms with Gasteiger partial charge in [-0.15, -0.1) is 11.3 Å². The molecule has 1 atom stereocenters. The lowest BCUT2D eigenvalue weighted by Crippen LogP contribution is -2.19. The number of hydrogen-bond acceptors (Lipinski definition) is 2. The number of rotatable bonds is 5. The van der Waals surface area contributed by atoms with Crippen LogP contribution in [0.5, 0.6) is 0 Å². The molecule has 106 valence electrons. The van der Waals surface area contributed by atoms with Crippen LogP contribution in [-0.4, -0.2) is 11.1 Å². The minimum Gasteiger partial charge on any atom is -0.481 e. The molecular formula is C18H16O2S. The van der Waals surface area contributed by atoms with Crippen LogP contribution in [0, 0.1) is 5.92 Å². The van der Waals surface area contributed by atoms with E-state index in [1.165, 1.54) is 10.1 Å². The van der Waals surface area contributed by atoms with Crippen molar-refractivity contribution >= 4 is 27.4 Å². The molecule has 1 N–H and O–H groups in total. The highest BCUT2D eigenvalue weighted by Crippen LogP contribution is 2.28. The SMILES string of the molecule is O=C(O)C(Cc1ccccc1)Cc1csc2ccccc12. The maximum atomic E-state index is 11.6. The number of hydrogen-bond donors (Lipinski definition) is 1. The smallest absolute Gasteiger partial charge is 0.307 e. The van der Waals surface area contributed by atoms with Gasteiger partial charge in [-0.3, -0.25) is 4.79 Å². The molecule has 0 aliphatic heterocycles. The third-order valence-corrected chi connectivity index (χ3v) is 4.71. The molecule has 1 unspecified atom stereocenters. The van der Waals surface area contributed by atoms with E-state index in [1.54, 1.807) is 11.3 Å². The van der Waals surface area contributed by atoms with Crippen LogP contribution in [0.3, 0.4) is 0 Å². The summed E-state index contributed by atoms with van der Waals surface area (Å²) in [5.41, 5.74) is 2.21. The molecule has 0 saturated heterocycles. The van der Waals surface area contributed by atoms with Crippen molar-refractivity contribution in [1.82, 2.24) is 0 Å². The summed E-state index contributed by atoms with van der Waals surface area (Å²) in [5, 5.41) is 12.8. The number of benzene rings is 2. The van der Waals surface area contributed by atoms with E-state index >= 15 is 0 Å². The molecule has 3 aromatic rings. The molecule has 0 fully saturated rings. The Hall–Kier alpha value is -2.13. The monoisotopic (exact) mass is 296 g/mol. The summed E-state index contributed by atoms with van der Waals surface area (Å²) in [5.74, 6) is -1.11. The minimum absolute atomic E-state index is 0.384. The number of thiophene rings is 1. The van der Waals surface area contributed by atoms with Gasteiger partial charge in [0.1, 0.15) is 0 Å². The molecule has 0 spiro atoms. The molecule has 0 aliphatic rings. The summed E-state index contributed by atoms with van der Waals surface area (Å²) in [6.07, 6.45) is 1.15. The molecule has 0 amide bonds. The van der Waals surface area contributed by atoms with Crippen molar-refractivity contribution in [1.29, 1.82) is 0 Å². The van der Waals surface area contributed by atoms with E-state index in [4.69, 9.17) is 0 Å². The van der Waals surface area contributed by atoms with Gasteiger partial charge in [0.05, 0.1) is 5.92 Å². The second kappa shape index (κ2) is 6.10. The Morgan fingerprint density at radius 2 is 1.71 bits per heavy atom. The number of carboxylic acids is 1. The molecule has 2 nitrogen and oxygen atoms in total. The first-order valence-corrected chi connectivity index (χ1v) is 7.84. The lowest BCUT2D eigenvalue weighted by Gasteiger charge is -2.12. The Bertz CT molecular complexity index is 746. The van der Waals surface area contributed by atoms with Crippen molar-refractivity contribution < 1.29 is 9.90 Å². The molecule has 0 bridgehead atoms. The molecule has 21 heavy (non-hydrogen) atoms. The fourth-order valence-corrected chi connectivity index (χ4v) is 3.58. The van der Waals surface area contributed by atoms with E-state index in [2.05, 4.69) is 17.5 Å². The van der Waals surface area contributed by atoms with Gasteiger partial charge < -0.3 is 5.11 Å². The van der Waals surface area contributed by atoms with E-state index in [-0.39, 0.29) is 5.92 Å². The molecule has 0 radical (unpaired) electrons. The average molecular weight is 296 g/mol. The highest BCUT2D eigenvalue weighted by molar-refractivity contribution is 7.17. The quantitative estimate of drug-likeness (QED) is 0.758. The molecular weight excluding hydrogens is 280 g/mol. The lowest BCUT2D eigenvalue weighted by molar-refractivity contribution is -0.141. The molecule has 2 aromatic carbocycles. The second-order valence-electron chi connectivity index (χ2n) is 5.19. The Balaban J connectivity index is 1.84. The maximum absolute atomic E-state index is 11.6. The van der Waals surface area contributed by atoms with Gasteiger partial charge in [-0.25, -0.2) is 0 Å². The molecule has 3 heteroatoms. The van der Waals surface area contributed by atoms with Crippen molar-refractivity contribution in [2.24, 2.45) is 5.92 Å². The normalized spacial score (nSPS) is 12.4. The van der Waals surface area contributed by atoms with Gasteiger partial charge in [-0.1, -0.05) is 48.5 Å². The molecule has 0 aliphatic carbocycles. The topological polar surface area (TPSA) is 37.3 Å². The Labute approximate surface area is 127 Å². The highest BCUT2D eigenvalue weighted by atomic mass is 32.1. The van der Waals surface area contributed by atoms with Crippen molar-refractivity contribution in [3.05, 3.63) is 71.1 Å². The van der Waals surface area contributed by atoms with E-state index in [9.17, 15) is 9.90 Å². The first-order valence-electron chi connectivity index (χ1n) is 6.96. The Morgan fingerprint density at radius 1 is 1.00 bits per heavy atom. The Morgan fingerprint density at radius 3 is 2.48 bits per heavy atom. The minimum atomic E-state index is -0.728. The largest absolute Gasteiger partial charge is 0.481 e. The van der Waals surface area contributed by atoms with Crippen LogP contribution in [0.15, 0.2) is 60.0 Å². The van der Waals surface area contributed by atoms with Crippen LogP contribution in [0.1, 0.15) is 11.1 Å². The number of fused-ring (bicyclic) bond motifs is 1. The molecule has 3 rings (SSSR count). The van der Waals surface area contributed by atoms with Gasteiger partial charge in [0.25, 0.3) is 0 Å². The van der Waals surface area contributed by atoms with Gasteiger partial charge in [0.15, 0.2) is 0 Å². The van der Waals surface area contributed by atoms with Crippen molar-refractivity contribution in [2.75, 3.05) is 0 Å². The predicted octanol–water partition coefficient (Wildman–Crippen LogP) is 4.39. The zero-order valence-electron chi connectivity index (χ0n) is 11.5. The van der Waals surface area contributed by atoms with Crippen LogP contribution in [0.25, 0.3) is 10.1 Å². The van der Waals surface area contributed by atoms with Crippen molar-refractivity contribution in [3.8, 4) is 0 Å². The van der Waals surface area contributed by atoms with Gasteiger partial charge in [0, 0.05) is 4.70 Å². The first kappa shape index (κ1) is 13.8. The molecule has 1 aromatic heterocycles. The third kappa shape index (κ3) is 3.14. The number of carbonyl (C=O) groups is 1. The van der Waals surface area contributed by atoms with Crippen LogP contribution in [0.2, 0.25) is 0 Å². The van der Waals surface area contributed by atoms with Gasteiger partial charge in [-0.05, 0) is 40.8 Å². The van der Waals surface area contributed by atoms with Gasteiger partial charge >= 0.3 is 5.97 Å². The van der Waals surface area contributed by atoms with Crippen LogP contribution in [-0.2, 0) is 17.6 Å². The van der Waals surface area contributed by atoms with Gasteiger partial charge in [0.2, 0.25) is 0 Å². The van der Waals surface area contributed by atoms with Crippen LogP contribution >= 0.6 is 11.3 Å². The number of aliphatic carboxylic acids is 1. The van der Waals surface area contributed by atoms with Crippen LogP contribution in [0.4, 0.5) is 0 Å². The predicted molar refractivity (Wildman–Crippen MR) is 86.8 cm³/mol. The summed E-state index contributed by atoms with van der Waals surface area (Å²) >= 11 is 1.68. The fourth-order valence-electron chi connectivity index (χ4n) is 2.60. The van der Waals surface area contributed by atoms with Crippen molar-refractivity contribution in [3.63, 3.8) is 0 Å². The summed E-state index contributed by atoms with van der Waals surface area (Å²) in [6.45, 7) is 0. The van der Waals surface area contributed by atoms with E-state index in [1.807, 2.05) is 42.5 Å².